The summed E-state index contributed by atoms with van der Waals surface area (Å²) in [6.07, 6.45) is 0. The van der Waals surface area contributed by atoms with Crippen molar-refractivity contribution in [3.63, 3.8) is 0 Å². The van der Waals surface area contributed by atoms with Gasteiger partial charge >= 0.3 is 0 Å². The summed E-state index contributed by atoms with van der Waals surface area (Å²) in [5, 5.41) is 11.5. The third kappa shape index (κ3) is 1.72. The Balaban J connectivity index is 2.57. The first-order valence-corrected chi connectivity index (χ1v) is 5.94. The van der Waals surface area contributed by atoms with Gasteiger partial charge in [-0.05, 0) is 37.5 Å². The largest absolute Gasteiger partial charge is 0.225 e. The summed E-state index contributed by atoms with van der Waals surface area (Å²) in [7, 11) is 0. The monoisotopic (exact) mass is 228 g/mol. The van der Waals surface area contributed by atoms with Gasteiger partial charge in [0, 0.05) is 10.9 Å². The molecule has 1 heterocycles. The normalized spacial score (nSPS) is 10.1. The lowest BCUT2D eigenvalue weighted by molar-refractivity contribution is 1.25. The minimum absolute atomic E-state index is 0.498. The van der Waals surface area contributed by atoms with Crippen LogP contribution in [0.5, 0.6) is 0 Å². The lowest BCUT2D eigenvalue weighted by atomic mass is 9.99. The topological polar surface area (TPSA) is 36.7 Å². The fraction of sp³-hybridized carbons (Fsp3) is 0.231. The Kier molecular flexibility index (Phi) is 2.76. The van der Waals surface area contributed by atoms with E-state index < -0.39 is 0 Å². The Morgan fingerprint density at radius 1 is 1.19 bits per heavy atom. The summed E-state index contributed by atoms with van der Waals surface area (Å²) < 4.78 is 0. The molecule has 0 fully saturated rings. The third-order valence-electron chi connectivity index (χ3n) is 2.91. The molecule has 2 aromatic rings. The SMILES string of the molecule is Cc1ccc(-c2nc(C#N)cs2)c(C)c1C. The average Bonchev–Trinajstić information content (AvgIpc) is 2.74. The smallest absolute Gasteiger partial charge is 0.152 e. The molecule has 0 aliphatic rings. The summed E-state index contributed by atoms with van der Waals surface area (Å²) in [6.45, 7) is 6.33. The number of hydrogen-bond donors (Lipinski definition) is 0. The Labute approximate surface area is 99.2 Å². The Bertz CT molecular complexity index is 576. The number of aromatic nitrogens is 1. The van der Waals surface area contributed by atoms with Crippen LogP contribution in [0.2, 0.25) is 0 Å². The maximum Gasteiger partial charge on any atom is 0.152 e. The van der Waals surface area contributed by atoms with Crippen LogP contribution in [0.3, 0.4) is 0 Å². The zero-order valence-corrected chi connectivity index (χ0v) is 10.4. The maximum absolute atomic E-state index is 8.76. The van der Waals surface area contributed by atoms with Crippen molar-refractivity contribution in [1.82, 2.24) is 4.98 Å². The molecule has 2 rings (SSSR count). The molecular weight excluding hydrogens is 216 g/mol. The van der Waals surface area contributed by atoms with Crippen molar-refractivity contribution in [2.45, 2.75) is 20.8 Å². The van der Waals surface area contributed by atoms with Crippen LogP contribution >= 0.6 is 11.3 Å². The molecule has 0 atom stereocenters. The molecule has 0 bridgehead atoms. The van der Waals surface area contributed by atoms with Gasteiger partial charge in [0.1, 0.15) is 11.1 Å². The number of nitrogens with zero attached hydrogens (tertiary/aromatic N) is 2. The first kappa shape index (κ1) is 10.8. The van der Waals surface area contributed by atoms with Gasteiger partial charge in [0.15, 0.2) is 5.69 Å². The molecule has 2 nitrogen and oxygen atoms in total. The Morgan fingerprint density at radius 2 is 1.94 bits per heavy atom. The highest BCUT2D eigenvalue weighted by Crippen LogP contribution is 2.29. The summed E-state index contributed by atoms with van der Waals surface area (Å²) >= 11 is 1.52. The molecule has 0 unspecified atom stereocenters. The van der Waals surface area contributed by atoms with Crippen LogP contribution in [0.1, 0.15) is 22.4 Å². The van der Waals surface area contributed by atoms with Crippen LogP contribution in [0, 0.1) is 32.1 Å². The lowest BCUT2D eigenvalue weighted by Crippen LogP contribution is -1.90. The molecule has 80 valence electrons. The van der Waals surface area contributed by atoms with E-state index in [9.17, 15) is 0 Å². The van der Waals surface area contributed by atoms with Crippen LogP contribution < -0.4 is 0 Å². The van der Waals surface area contributed by atoms with Crippen molar-refractivity contribution in [1.29, 1.82) is 5.26 Å². The van der Waals surface area contributed by atoms with Gasteiger partial charge in [-0.15, -0.1) is 11.3 Å². The third-order valence-corrected chi connectivity index (χ3v) is 3.78. The summed E-state index contributed by atoms with van der Waals surface area (Å²) in [5.74, 6) is 0. The van der Waals surface area contributed by atoms with E-state index in [4.69, 9.17) is 5.26 Å². The molecule has 0 N–H and O–H groups in total. The Morgan fingerprint density at radius 3 is 2.56 bits per heavy atom. The van der Waals surface area contributed by atoms with Crippen molar-refractivity contribution in [3.05, 3.63) is 39.9 Å². The molecule has 1 aromatic carbocycles. The second-order valence-corrected chi connectivity index (χ2v) is 4.69. The summed E-state index contributed by atoms with van der Waals surface area (Å²) in [4.78, 5) is 4.29. The number of rotatable bonds is 1. The zero-order valence-electron chi connectivity index (χ0n) is 9.53. The molecule has 1 aromatic heterocycles. The maximum atomic E-state index is 8.76. The Hall–Kier alpha value is -1.66. The molecule has 0 radical (unpaired) electrons. The van der Waals surface area contributed by atoms with Gasteiger partial charge in [-0.2, -0.15) is 5.26 Å². The second kappa shape index (κ2) is 4.07. The second-order valence-electron chi connectivity index (χ2n) is 3.83. The van der Waals surface area contributed by atoms with Crippen molar-refractivity contribution >= 4 is 11.3 Å². The molecule has 16 heavy (non-hydrogen) atoms. The van der Waals surface area contributed by atoms with Gasteiger partial charge in [-0.25, -0.2) is 4.98 Å². The predicted octanol–water partition coefficient (Wildman–Crippen LogP) is 3.61. The number of benzene rings is 1. The van der Waals surface area contributed by atoms with E-state index in [1.54, 1.807) is 5.38 Å². The van der Waals surface area contributed by atoms with E-state index in [2.05, 4.69) is 44.0 Å². The quantitative estimate of drug-likeness (QED) is 0.747. The first-order chi connectivity index (χ1) is 7.63. The van der Waals surface area contributed by atoms with Crippen LogP contribution in [-0.2, 0) is 0 Å². The zero-order chi connectivity index (χ0) is 11.7. The van der Waals surface area contributed by atoms with Gasteiger partial charge in [-0.3, -0.25) is 0 Å². The van der Waals surface area contributed by atoms with Crippen molar-refractivity contribution in [2.75, 3.05) is 0 Å². The molecule has 0 saturated heterocycles. The van der Waals surface area contributed by atoms with Crippen LogP contribution in [-0.4, -0.2) is 4.98 Å². The number of thiazole rings is 1. The van der Waals surface area contributed by atoms with E-state index in [-0.39, 0.29) is 0 Å². The highest BCUT2D eigenvalue weighted by molar-refractivity contribution is 7.13. The van der Waals surface area contributed by atoms with E-state index in [1.807, 2.05) is 0 Å². The van der Waals surface area contributed by atoms with Gasteiger partial charge in [-0.1, -0.05) is 12.1 Å². The molecule has 3 heteroatoms. The van der Waals surface area contributed by atoms with E-state index in [0.29, 0.717) is 5.69 Å². The van der Waals surface area contributed by atoms with E-state index in [1.165, 1.54) is 28.0 Å². The van der Waals surface area contributed by atoms with Gasteiger partial charge in [0.25, 0.3) is 0 Å². The number of nitriles is 1. The van der Waals surface area contributed by atoms with E-state index >= 15 is 0 Å². The van der Waals surface area contributed by atoms with Crippen molar-refractivity contribution < 1.29 is 0 Å². The fourth-order valence-electron chi connectivity index (χ4n) is 1.64. The van der Waals surface area contributed by atoms with Gasteiger partial charge in [0.05, 0.1) is 0 Å². The van der Waals surface area contributed by atoms with Gasteiger partial charge < -0.3 is 0 Å². The van der Waals surface area contributed by atoms with Crippen LogP contribution in [0.25, 0.3) is 10.6 Å². The standard InChI is InChI=1S/C13H12N2S/c1-8-4-5-12(10(3)9(8)2)13-15-11(6-14)7-16-13/h4-5,7H,1-3H3. The highest BCUT2D eigenvalue weighted by Gasteiger charge is 2.09. The molecular formula is C13H12N2S. The lowest BCUT2D eigenvalue weighted by Gasteiger charge is -2.08. The number of aryl methyl sites for hydroxylation is 1. The predicted molar refractivity (Wildman–Crippen MR) is 66.5 cm³/mol. The first-order valence-electron chi connectivity index (χ1n) is 5.06. The van der Waals surface area contributed by atoms with Crippen molar-refractivity contribution in [2.24, 2.45) is 0 Å². The van der Waals surface area contributed by atoms with Crippen molar-refractivity contribution in [3.8, 4) is 16.6 Å². The minimum Gasteiger partial charge on any atom is -0.225 e. The number of hydrogen-bond acceptors (Lipinski definition) is 3. The molecule has 0 spiro atoms. The van der Waals surface area contributed by atoms with E-state index in [0.717, 1.165) is 10.6 Å². The fourth-order valence-corrected chi connectivity index (χ4v) is 2.46. The van der Waals surface area contributed by atoms with Gasteiger partial charge in [0.2, 0.25) is 0 Å². The molecule has 0 saturated carbocycles. The molecule has 0 amide bonds. The average molecular weight is 228 g/mol. The van der Waals surface area contributed by atoms with Crippen LogP contribution in [0.15, 0.2) is 17.5 Å². The minimum atomic E-state index is 0.498. The summed E-state index contributed by atoms with van der Waals surface area (Å²) in [6, 6.07) is 6.25. The highest BCUT2D eigenvalue weighted by atomic mass is 32.1. The molecule has 0 aliphatic carbocycles. The molecule has 0 aliphatic heterocycles. The van der Waals surface area contributed by atoms with Crippen LogP contribution in [0.4, 0.5) is 0 Å². The summed E-state index contributed by atoms with van der Waals surface area (Å²) in [5.41, 5.74) is 5.47.